The Balaban J connectivity index is 2.54. The summed E-state index contributed by atoms with van der Waals surface area (Å²) in [6.45, 7) is 12.5. The maximum Gasteiger partial charge on any atom is 0.217 e. The highest BCUT2D eigenvalue weighted by Crippen LogP contribution is 2.23. The molecule has 6 nitrogen and oxygen atoms in total. The molecule has 1 unspecified atom stereocenters. The van der Waals surface area contributed by atoms with Crippen LogP contribution in [0.2, 0.25) is 0 Å². The molecule has 0 bridgehead atoms. The Morgan fingerprint density at radius 3 is 2.80 bits per heavy atom. The number of nitrogens with zero attached hydrogens (tertiary/aromatic N) is 2. The molecule has 25 heavy (non-hydrogen) atoms. The lowest BCUT2D eigenvalue weighted by atomic mass is 10.2. The second kappa shape index (κ2) is 11.6. The normalized spacial score (nSPS) is 11.8. The van der Waals surface area contributed by atoms with Crippen molar-refractivity contribution in [3.63, 3.8) is 0 Å². The number of aliphatic hydroxyl groups excluding tert-OH is 1. The number of aromatic nitrogens is 1. The number of nitrogens with two attached hydrogens (primary N) is 1. The van der Waals surface area contributed by atoms with Crippen LogP contribution in [0.5, 0.6) is 5.88 Å². The molecule has 6 heteroatoms. The maximum absolute atomic E-state index is 9.23. The van der Waals surface area contributed by atoms with Crippen LogP contribution in [0.15, 0.2) is 24.4 Å². The van der Waals surface area contributed by atoms with E-state index in [1.54, 1.807) is 0 Å². The van der Waals surface area contributed by atoms with Gasteiger partial charge in [-0.25, -0.2) is 0 Å². The highest BCUT2D eigenvalue weighted by atomic mass is 16.5. The number of nitrogen functional groups attached to an aromatic ring is 1. The fourth-order valence-electron chi connectivity index (χ4n) is 2.51. The van der Waals surface area contributed by atoms with E-state index in [-0.39, 0.29) is 6.61 Å². The molecule has 1 atom stereocenters. The molecule has 1 heterocycles. The fourth-order valence-corrected chi connectivity index (χ4v) is 2.51. The number of rotatable bonds is 13. The Hall–Kier alpha value is -1.95. The summed E-state index contributed by atoms with van der Waals surface area (Å²) in [5.41, 5.74) is 7.88. The van der Waals surface area contributed by atoms with Crippen LogP contribution in [0.25, 0.3) is 0 Å². The SMILES string of the molecule is C=C(CCCOc1cc(N(CCC)CCO)cc(N)n1)NC(C)CC. The Kier molecular flexibility index (Phi) is 9.77. The van der Waals surface area contributed by atoms with Gasteiger partial charge in [-0.2, -0.15) is 4.98 Å². The lowest BCUT2D eigenvalue weighted by Crippen LogP contribution is -2.27. The van der Waals surface area contributed by atoms with Gasteiger partial charge in [0.2, 0.25) is 5.88 Å². The predicted molar refractivity (Wildman–Crippen MR) is 105 cm³/mol. The highest BCUT2D eigenvalue weighted by molar-refractivity contribution is 5.55. The third-order valence-corrected chi connectivity index (χ3v) is 3.97. The zero-order valence-electron chi connectivity index (χ0n) is 15.9. The van der Waals surface area contributed by atoms with Gasteiger partial charge in [-0.15, -0.1) is 0 Å². The third kappa shape index (κ3) is 8.12. The van der Waals surface area contributed by atoms with Gasteiger partial charge in [0.1, 0.15) is 5.82 Å². The van der Waals surface area contributed by atoms with Crippen molar-refractivity contribution in [2.75, 3.05) is 36.9 Å². The molecule has 0 aliphatic rings. The molecule has 0 radical (unpaired) electrons. The fraction of sp³-hybridized carbons (Fsp3) is 0.632. The maximum atomic E-state index is 9.23. The van der Waals surface area contributed by atoms with Crippen LogP contribution in [0.3, 0.4) is 0 Å². The number of hydrogen-bond donors (Lipinski definition) is 3. The summed E-state index contributed by atoms with van der Waals surface area (Å²) in [7, 11) is 0. The second-order valence-corrected chi connectivity index (χ2v) is 6.31. The first-order valence-electron chi connectivity index (χ1n) is 9.20. The third-order valence-electron chi connectivity index (χ3n) is 3.97. The summed E-state index contributed by atoms with van der Waals surface area (Å²) in [5, 5.41) is 12.6. The van der Waals surface area contributed by atoms with Crippen LogP contribution in [-0.2, 0) is 0 Å². The van der Waals surface area contributed by atoms with E-state index in [1.165, 1.54) is 0 Å². The molecular formula is C19H34N4O2. The van der Waals surface area contributed by atoms with Gasteiger partial charge in [-0.05, 0) is 32.6 Å². The Bertz CT molecular complexity index is 516. The van der Waals surface area contributed by atoms with Gasteiger partial charge < -0.3 is 25.8 Å². The van der Waals surface area contributed by atoms with Crippen molar-refractivity contribution in [3.05, 3.63) is 24.4 Å². The van der Waals surface area contributed by atoms with Crippen molar-refractivity contribution >= 4 is 11.5 Å². The van der Waals surface area contributed by atoms with Crippen molar-refractivity contribution in [1.82, 2.24) is 10.3 Å². The number of anilines is 2. The van der Waals surface area contributed by atoms with E-state index in [9.17, 15) is 5.11 Å². The molecule has 1 rings (SSSR count). The quantitative estimate of drug-likeness (QED) is 0.474. The van der Waals surface area contributed by atoms with Gasteiger partial charge in [-0.3, -0.25) is 0 Å². The minimum Gasteiger partial charge on any atom is -0.478 e. The number of nitrogens with one attached hydrogen (secondary N) is 1. The predicted octanol–water partition coefficient (Wildman–Crippen LogP) is 2.93. The monoisotopic (exact) mass is 350 g/mol. The molecule has 0 saturated carbocycles. The smallest absolute Gasteiger partial charge is 0.217 e. The standard InChI is InChI=1S/C19H34N4O2/c1-5-9-23(10-11-24)17-13-18(20)22-19(14-17)25-12-7-8-16(4)21-15(3)6-2/h13-15,21,24H,4-12H2,1-3H3,(H2,20,22). The molecule has 0 fully saturated rings. The second-order valence-electron chi connectivity index (χ2n) is 6.31. The summed E-state index contributed by atoms with van der Waals surface area (Å²) in [5.74, 6) is 0.948. The zero-order valence-corrected chi connectivity index (χ0v) is 15.9. The van der Waals surface area contributed by atoms with E-state index in [1.807, 2.05) is 12.1 Å². The van der Waals surface area contributed by atoms with E-state index in [2.05, 4.69) is 42.6 Å². The lowest BCUT2D eigenvalue weighted by molar-refractivity contribution is 0.296. The van der Waals surface area contributed by atoms with Gasteiger partial charge in [0.25, 0.3) is 0 Å². The summed E-state index contributed by atoms with van der Waals surface area (Å²) < 4.78 is 5.77. The van der Waals surface area contributed by atoms with E-state index in [0.717, 1.165) is 43.6 Å². The van der Waals surface area contributed by atoms with E-state index in [4.69, 9.17) is 10.5 Å². The summed E-state index contributed by atoms with van der Waals surface area (Å²) in [4.78, 5) is 6.33. The first-order chi connectivity index (χ1) is 12.0. The molecule has 1 aromatic rings. The number of aliphatic hydroxyl groups is 1. The molecular weight excluding hydrogens is 316 g/mol. The zero-order chi connectivity index (χ0) is 18.7. The number of ether oxygens (including phenoxy) is 1. The van der Waals surface area contributed by atoms with Gasteiger partial charge in [0.05, 0.1) is 13.2 Å². The van der Waals surface area contributed by atoms with Crippen molar-refractivity contribution in [3.8, 4) is 5.88 Å². The lowest BCUT2D eigenvalue weighted by Gasteiger charge is -2.24. The molecule has 0 amide bonds. The van der Waals surface area contributed by atoms with Gasteiger partial charge >= 0.3 is 0 Å². The number of hydrogen-bond acceptors (Lipinski definition) is 6. The largest absolute Gasteiger partial charge is 0.478 e. The first-order valence-corrected chi connectivity index (χ1v) is 9.20. The summed E-state index contributed by atoms with van der Waals surface area (Å²) in [6, 6.07) is 4.15. The number of pyridine rings is 1. The van der Waals surface area contributed by atoms with Gasteiger partial charge in [-0.1, -0.05) is 20.4 Å². The minimum atomic E-state index is 0.101. The first kappa shape index (κ1) is 21.1. The minimum absolute atomic E-state index is 0.101. The van der Waals surface area contributed by atoms with Crippen molar-refractivity contribution in [2.24, 2.45) is 0 Å². The van der Waals surface area contributed by atoms with E-state index >= 15 is 0 Å². The van der Waals surface area contributed by atoms with Crippen LogP contribution in [-0.4, -0.2) is 42.4 Å². The Labute approximate surface area is 152 Å². The van der Waals surface area contributed by atoms with E-state index in [0.29, 0.717) is 30.9 Å². The van der Waals surface area contributed by atoms with Crippen LogP contribution in [0.4, 0.5) is 11.5 Å². The summed E-state index contributed by atoms with van der Waals surface area (Å²) in [6.07, 6.45) is 3.80. The van der Waals surface area contributed by atoms with E-state index < -0.39 is 0 Å². The van der Waals surface area contributed by atoms with Crippen LogP contribution in [0, 0.1) is 0 Å². The van der Waals surface area contributed by atoms with Crippen LogP contribution < -0.4 is 20.7 Å². The highest BCUT2D eigenvalue weighted by Gasteiger charge is 2.09. The average molecular weight is 351 g/mol. The molecule has 4 N–H and O–H groups in total. The Morgan fingerprint density at radius 1 is 1.40 bits per heavy atom. The summed E-state index contributed by atoms with van der Waals surface area (Å²) >= 11 is 0. The van der Waals surface area contributed by atoms with Crippen molar-refractivity contribution in [2.45, 2.75) is 52.5 Å². The van der Waals surface area contributed by atoms with Crippen LogP contribution in [0.1, 0.15) is 46.5 Å². The van der Waals surface area contributed by atoms with Gasteiger partial charge in [0, 0.05) is 42.6 Å². The average Bonchev–Trinajstić information content (AvgIpc) is 2.58. The molecule has 0 aliphatic carbocycles. The molecule has 0 aromatic carbocycles. The van der Waals surface area contributed by atoms with Crippen LogP contribution >= 0.6 is 0 Å². The molecule has 0 saturated heterocycles. The van der Waals surface area contributed by atoms with Crippen molar-refractivity contribution < 1.29 is 9.84 Å². The molecule has 0 spiro atoms. The molecule has 142 valence electrons. The molecule has 1 aromatic heterocycles. The Morgan fingerprint density at radius 2 is 2.16 bits per heavy atom. The topological polar surface area (TPSA) is 83.6 Å². The molecule has 0 aliphatic heterocycles. The van der Waals surface area contributed by atoms with Crippen molar-refractivity contribution in [1.29, 1.82) is 0 Å². The number of allylic oxidation sites excluding steroid dienone is 1. The van der Waals surface area contributed by atoms with Gasteiger partial charge in [0.15, 0.2) is 0 Å².